The Balaban J connectivity index is 1.39. The number of carbonyl (C=O) groups excluding carboxylic acids is 1. The summed E-state index contributed by atoms with van der Waals surface area (Å²) in [6.45, 7) is 5.97. The van der Waals surface area contributed by atoms with Gasteiger partial charge in [0, 0.05) is 23.7 Å². The molecule has 1 unspecified atom stereocenters. The van der Waals surface area contributed by atoms with Crippen LogP contribution in [-0.2, 0) is 40.3 Å². The normalized spacial score (nSPS) is 12.2. The van der Waals surface area contributed by atoms with E-state index in [0.717, 1.165) is 39.3 Å². The maximum Gasteiger partial charge on any atom is 0.310 e. The van der Waals surface area contributed by atoms with E-state index < -0.39 is 16.9 Å². The minimum absolute atomic E-state index is 0.167. The molecule has 0 saturated carbocycles. The van der Waals surface area contributed by atoms with Crippen molar-refractivity contribution >= 4 is 28.8 Å². The van der Waals surface area contributed by atoms with Crippen molar-refractivity contribution < 1.29 is 23.0 Å². The third kappa shape index (κ3) is 8.76. The lowest BCUT2D eigenvalue weighted by atomic mass is 10.0. The van der Waals surface area contributed by atoms with Crippen molar-refractivity contribution in [3.8, 4) is 22.6 Å². The average Bonchev–Trinajstić information content (AvgIpc) is 2.89. The molecular weight excluding hydrogens is 546 g/mol. The minimum atomic E-state index is -2.20. The Hall–Kier alpha value is -3.49. The second-order valence-electron chi connectivity index (χ2n) is 10.4. The molecule has 0 heterocycles. The quantitative estimate of drug-likeness (QED) is 0.154. The molecule has 4 rings (SSSR count). The van der Waals surface area contributed by atoms with Gasteiger partial charge in [-0.25, -0.2) is 4.21 Å². The van der Waals surface area contributed by atoms with Gasteiger partial charge in [0.05, 0.1) is 6.42 Å². The zero-order valence-corrected chi connectivity index (χ0v) is 24.2. The molecule has 0 radical (unpaired) electrons. The van der Waals surface area contributed by atoms with Crippen LogP contribution < -0.4 is 4.74 Å². The highest BCUT2D eigenvalue weighted by Crippen LogP contribution is 2.31. The molecule has 0 spiro atoms. The van der Waals surface area contributed by atoms with Gasteiger partial charge in [-0.05, 0) is 73.4 Å². The number of hydrogen-bond donors (Lipinski definition) is 1. The maximum absolute atomic E-state index is 12.1. The molecule has 0 aromatic heterocycles. The van der Waals surface area contributed by atoms with Crippen molar-refractivity contribution in [2.75, 3.05) is 0 Å². The third-order valence-corrected chi connectivity index (χ3v) is 6.92. The highest BCUT2D eigenvalue weighted by molar-refractivity contribution is 7.76. The number of halogens is 1. The zero-order chi connectivity index (χ0) is 28.7. The Kier molecular flexibility index (Phi) is 9.76. The molecule has 1 N–H and O–H groups in total. The minimum Gasteiger partial charge on any atom is -0.460 e. The van der Waals surface area contributed by atoms with Crippen LogP contribution in [0.4, 0.5) is 0 Å². The first-order chi connectivity index (χ1) is 19.1. The van der Waals surface area contributed by atoms with Crippen LogP contribution in [-0.4, -0.2) is 24.6 Å². The molecule has 4 aromatic rings. The SMILES string of the molecule is CC(C)(C)OC(=O)Cc1ccc(CN(Cc2ccc(-c3ccc(Oc4ccccc4)cc3)c(Cl)c2)S(=O)O)cc1. The van der Waals surface area contributed by atoms with Crippen LogP contribution in [0.2, 0.25) is 5.02 Å². The summed E-state index contributed by atoms with van der Waals surface area (Å²) in [6.07, 6.45) is 0.167. The van der Waals surface area contributed by atoms with Crippen LogP contribution in [0.5, 0.6) is 11.5 Å². The van der Waals surface area contributed by atoms with Crippen LogP contribution in [0.15, 0.2) is 97.1 Å². The Morgan fingerprint density at radius 3 is 2.00 bits per heavy atom. The summed E-state index contributed by atoms with van der Waals surface area (Å²) in [7, 11) is 0. The maximum atomic E-state index is 12.1. The first-order valence-electron chi connectivity index (χ1n) is 12.8. The molecule has 0 bridgehead atoms. The molecular formula is C32H32ClNO5S. The van der Waals surface area contributed by atoms with Crippen LogP contribution in [0.3, 0.4) is 0 Å². The van der Waals surface area contributed by atoms with E-state index in [2.05, 4.69) is 0 Å². The highest BCUT2D eigenvalue weighted by Gasteiger charge is 2.17. The third-order valence-electron chi connectivity index (χ3n) is 5.91. The number of hydrogen-bond acceptors (Lipinski definition) is 4. The summed E-state index contributed by atoms with van der Waals surface area (Å²) in [5.74, 6) is 1.19. The summed E-state index contributed by atoms with van der Waals surface area (Å²) < 4.78 is 34.7. The number of benzene rings is 4. The molecule has 1 atom stereocenters. The van der Waals surface area contributed by atoms with Crippen molar-refractivity contribution in [2.45, 2.75) is 45.9 Å². The first kappa shape index (κ1) is 29.5. The Morgan fingerprint density at radius 2 is 1.40 bits per heavy atom. The van der Waals surface area contributed by atoms with Gasteiger partial charge < -0.3 is 9.47 Å². The van der Waals surface area contributed by atoms with E-state index in [1.165, 1.54) is 4.31 Å². The summed E-state index contributed by atoms with van der Waals surface area (Å²) in [5.41, 5.74) is 3.72. The molecule has 208 valence electrons. The van der Waals surface area contributed by atoms with E-state index in [1.807, 2.05) is 118 Å². The second-order valence-corrected chi connectivity index (χ2v) is 11.7. The molecule has 0 aliphatic rings. The molecule has 6 nitrogen and oxygen atoms in total. The van der Waals surface area contributed by atoms with Gasteiger partial charge in [0.15, 0.2) is 0 Å². The van der Waals surface area contributed by atoms with Gasteiger partial charge in [-0.3, -0.25) is 9.35 Å². The van der Waals surface area contributed by atoms with Gasteiger partial charge in [-0.2, -0.15) is 4.31 Å². The number of esters is 1. The molecule has 8 heteroatoms. The van der Waals surface area contributed by atoms with Gasteiger partial charge in [0.2, 0.25) is 11.3 Å². The topological polar surface area (TPSA) is 76.1 Å². The Morgan fingerprint density at radius 1 is 0.825 bits per heavy atom. The van der Waals surface area contributed by atoms with Crippen molar-refractivity contribution in [2.24, 2.45) is 0 Å². The van der Waals surface area contributed by atoms with Crippen LogP contribution in [0.25, 0.3) is 11.1 Å². The molecule has 0 fully saturated rings. The number of rotatable bonds is 10. The Labute approximate surface area is 242 Å². The zero-order valence-electron chi connectivity index (χ0n) is 22.7. The van der Waals surface area contributed by atoms with Gasteiger partial charge in [0.1, 0.15) is 17.1 Å². The summed E-state index contributed by atoms with van der Waals surface area (Å²) in [5, 5.41) is 0.546. The van der Waals surface area contributed by atoms with Crippen molar-refractivity contribution in [1.29, 1.82) is 0 Å². The van der Waals surface area contributed by atoms with E-state index in [1.54, 1.807) is 0 Å². The molecule has 40 heavy (non-hydrogen) atoms. The lowest BCUT2D eigenvalue weighted by Crippen LogP contribution is -2.25. The summed E-state index contributed by atoms with van der Waals surface area (Å²) in [6, 6.07) is 30.2. The van der Waals surface area contributed by atoms with E-state index in [-0.39, 0.29) is 25.5 Å². The van der Waals surface area contributed by atoms with Gasteiger partial charge >= 0.3 is 5.97 Å². The lowest BCUT2D eigenvalue weighted by molar-refractivity contribution is -0.153. The summed E-state index contributed by atoms with van der Waals surface area (Å²) >= 11 is 4.43. The predicted molar refractivity (Wildman–Crippen MR) is 159 cm³/mol. The fourth-order valence-electron chi connectivity index (χ4n) is 4.10. The second kappa shape index (κ2) is 13.2. The first-order valence-corrected chi connectivity index (χ1v) is 14.3. The standard InChI is InChI=1S/C32H32ClNO5S/c1-32(2,3)39-31(35)20-23-9-11-24(12-10-23)21-34(40(36)37)22-25-13-18-29(30(33)19-25)26-14-16-28(17-15-26)38-27-7-5-4-6-8-27/h4-19H,20-22H2,1-3H3,(H,36,37). The van der Waals surface area contributed by atoms with E-state index in [9.17, 15) is 13.6 Å². The molecule has 4 aromatic carbocycles. The molecule has 0 aliphatic heterocycles. The number of para-hydroxylation sites is 1. The average molecular weight is 578 g/mol. The van der Waals surface area contributed by atoms with Crippen LogP contribution >= 0.6 is 11.6 Å². The number of carbonyl (C=O) groups is 1. The van der Waals surface area contributed by atoms with E-state index in [4.69, 9.17) is 21.1 Å². The molecule has 0 amide bonds. The van der Waals surface area contributed by atoms with E-state index in [0.29, 0.717) is 5.02 Å². The number of ether oxygens (including phenoxy) is 2. The number of nitrogens with zero attached hydrogens (tertiary/aromatic N) is 1. The van der Waals surface area contributed by atoms with Gasteiger partial charge in [-0.1, -0.05) is 78.3 Å². The predicted octanol–water partition coefficient (Wildman–Crippen LogP) is 7.82. The lowest BCUT2D eigenvalue weighted by Gasteiger charge is -2.20. The fourth-order valence-corrected chi connectivity index (χ4v) is 4.93. The highest BCUT2D eigenvalue weighted by atomic mass is 35.5. The van der Waals surface area contributed by atoms with Crippen molar-refractivity contribution in [3.05, 3.63) is 119 Å². The van der Waals surface area contributed by atoms with E-state index >= 15 is 0 Å². The molecule has 0 aliphatic carbocycles. The van der Waals surface area contributed by atoms with Crippen molar-refractivity contribution in [1.82, 2.24) is 4.31 Å². The van der Waals surface area contributed by atoms with Gasteiger partial charge in [0.25, 0.3) is 0 Å². The monoisotopic (exact) mass is 577 g/mol. The summed E-state index contributed by atoms with van der Waals surface area (Å²) in [4.78, 5) is 12.1. The molecule has 0 saturated heterocycles. The van der Waals surface area contributed by atoms with Gasteiger partial charge in [-0.15, -0.1) is 0 Å². The van der Waals surface area contributed by atoms with Crippen LogP contribution in [0.1, 0.15) is 37.5 Å². The smallest absolute Gasteiger partial charge is 0.310 e. The largest absolute Gasteiger partial charge is 0.460 e. The fraction of sp³-hybridized carbons (Fsp3) is 0.219. The van der Waals surface area contributed by atoms with Crippen molar-refractivity contribution in [3.63, 3.8) is 0 Å². The Bertz CT molecular complexity index is 1450. The van der Waals surface area contributed by atoms with Crippen LogP contribution in [0, 0.1) is 0 Å².